The van der Waals surface area contributed by atoms with Gasteiger partial charge in [-0.2, -0.15) is 0 Å². The average Bonchev–Trinajstić information content (AvgIpc) is 2.75. The van der Waals surface area contributed by atoms with E-state index in [2.05, 4.69) is 10.6 Å². The van der Waals surface area contributed by atoms with Gasteiger partial charge in [0.15, 0.2) is 0 Å². The largest absolute Gasteiger partial charge is 0.374 e. The van der Waals surface area contributed by atoms with E-state index in [1.807, 2.05) is 35.2 Å². The van der Waals surface area contributed by atoms with Crippen LogP contribution in [0, 0.1) is 0 Å². The molecule has 29 heavy (non-hydrogen) atoms. The molecular weight excluding hydrogens is 390 g/mol. The molecule has 4 rings (SSSR count). The minimum atomic E-state index is -0.262. The van der Waals surface area contributed by atoms with E-state index in [9.17, 15) is 9.59 Å². The molecule has 0 bridgehead atoms. The second kappa shape index (κ2) is 8.84. The first-order chi connectivity index (χ1) is 14.1. The maximum atomic E-state index is 12.9. The number of benzene rings is 2. The van der Waals surface area contributed by atoms with Gasteiger partial charge in [-0.15, -0.1) is 0 Å². The number of halogens is 1. The van der Waals surface area contributed by atoms with Crippen LogP contribution in [0.25, 0.3) is 0 Å². The molecule has 2 aromatic carbocycles. The number of morpholine rings is 1. The highest BCUT2D eigenvalue weighted by molar-refractivity contribution is 6.34. The van der Waals surface area contributed by atoms with Crippen LogP contribution in [0.1, 0.15) is 36.0 Å². The Morgan fingerprint density at radius 3 is 2.66 bits per heavy atom. The maximum absolute atomic E-state index is 12.9. The molecule has 0 aromatic heterocycles. The Labute approximate surface area is 175 Å². The SMILES string of the molecule is O=C(Nc1ccccc1)c1ccc(Cl)c(NC(=O)N2CCOC3CCCCC32)c1. The van der Waals surface area contributed by atoms with Crippen LogP contribution in [-0.4, -0.2) is 42.1 Å². The number of anilines is 2. The van der Waals surface area contributed by atoms with E-state index in [1.165, 1.54) is 0 Å². The van der Waals surface area contributed by atoms with E-state index in [0.29, 0.717) is 35.1 Å². The van der Waals surface area contributed by atoms with Crippen molar-refractivity contribution < 1.29 is 14.3 Å². The number of nitrogens with one attached hydrogen (secondary N) is 2. The van der Waals surface area contributed by atoms with Crippen LogP contribution in [-0.2, 0) is 4.74 Å². The Morgan fingerprint density at radius 1 is 1.03 bits per heavy atom. The van der Waals surface area contributed by atoms with Crippen LogP contribution in [0.4, 0.5) is 16.2 Å². The monoisotopic (exact) mass is 413 g/mol. The van der Waals surface area contributed by atoms with Crippen molar-refractivity contribution in [2.24, 2.45) is 0 Å². The normalized spacial score (nSPS) is 21.2. The van der Waals surface area contributed by atoms with Gasteiger partial charge in [-0.05, 0) is 43.2 Å². The van der Waals surface area contributed by atoms with Gasteiger partial charge in [-0.3, -0.25) is 4.79 Å². The van der Waals surface area contributed by atoms with Gasteiger partial charge in [0.2, 0.25) is 0 Å². The van der Waals surface area contributed by atoms with E-state index >= 15 is 0 Å². The van der Waals surface area contributed by atoms with Gasteiger partial charge in [0.05, 0.1) is 29.5 Å². The highest BCUT2D eigenvalue weighted by atomic mass is 35.5. The van der Waals surface area contributed by atoms with Crippen LogP contribution in [0.3, 0.4) is 0 Å². The van der Waals surface area contributed by atoms with Crippen LogP contribution < -0.4 is 10.6 Å². The van der Waals surface area contributed by atoms with Crippen molar-refractivity contribution in [2.75, 3.05) is 23.8 Å². The summed E-state index contributed by atoms with van der Waals surface area (Å²) in [6.07, 6.45) is 4.29. The lowest BCUT2D eigenvalue weighted by atomic mass is 9.90. The van der Waals surface area contributed by atoms with Crippen molar-refractivity contribution in [2.45, 2.75) is 37.8 Å². The van der Waals surface area contributed by atoms with Gasteiger partial charge < -0.3 is 20.3 Å². The molecule has 6 nitrogen and oxygen atoms in total. The average molecular weight is 414 g/mol. The van der Waals surface area contributed by atoms with E-state index < -0.39 is 0 Å². The number of carbonyl (C=O) groups excluding carboxylic acids is 2. The quantitative estimate of drug-likeness (QED) is 0.761. The molecular formula is C22H24ClN3O3. The van der Waals surface area contributed by atoms with Crippen LogP contribution >= 0.6 is 11.6 Å². The minimum absolute atomic E-state index is 0.0980. The molecule has 1 aliphatic carbocycles. The van der Waals surface area contributed by atoms with Crippen molar-refractivity contribution >= 4 is 34.9 Å². The first kappa shape index (κ1) is 19.7. The number of hydrogen-bond acceptors (Lipinski definition) is 3. The fourth-order valence-electron chi connectivity index (χ4n) is 4.02. The predicted octanol–water partition coefficient (Wildman–Crippen LogP) is 4.77. The molecule has 2 atom stereocenters. The molecule has 7 heteroatoms. The van der Waals surface area contributed by atoms with Gasteiger partial charge in [-0.25, -0.2) is 4.79 Å². The zero-order valence-electron chi connectivity index (χ0n) is 16.1. The molecule has 0 spiro atoms. The number of rotatable bonds is 3. The Balaban J connectivity index is 1.47. The molecule has 152 valence electrons. The predicted molar refractivity (Wildman–Crippen MR) is 114 cm³/mol. The van der Waals surface area contributed by atoms with Crippen molar-refractivity contribution in [3.8, 4) is 0 Å². The fourth-order valence-corrected chi connectivity index (χ4v) is 4.19. The van der Waals surface area contributed by atoms with Crippen molar-refractivity contribution in [1.82, 2.24) is 4.90 Å². The van der Waals surface area contributed by atoms with E-state index in [4.69, 9.17) is 16.3 Å². The lowest BCUT2D eigenvalue weighted by molar-refractivity contribution is -0.0694. The van der Waals surface area contributed by atoms with Gasteiger partial charge >= 0.3 is 6.03 Å². The Hall–Kier alpha value is -2.57. The summed E-state index contributed by atoms with van der Waals surface area (Å²) in [7, 11) is 0. The van der Waals surface area contributed by atoms with Gasteiger partial charge in [0.25, 0.3) is 5.91 Å². The highest BCUT2D eigenvalue weighted by Crippen LogP contribution is 2.30. The van der Waals surface area contributed by atoms with Gasteiger partial charge in [-0.1, -0.05) is 42.6 Å². The third kappa shape index (κ3) is 4.54. The Morgan fingerprint density at radius 2 is 1.83 bits per heavy atom. The number of ether oxygens (including phenoxy) is 1. The third-order valence-electron chi connectivity index (χ3n) is 5.49. The molecule has 1 aliphatic heterocycles. The summed E-state index contributed by atoms with van der Waals surface area (Å²) in [5, 5.41) is 6.12. The maximum Gasteiger partial charge on any atom is 0.322 e. The van der Waals surface area contributed by atoms with Crippen LogP contribution in [0.2, 0.25) is 5.02 Å². The number of hydrogen-bond donors (Lipinski definition) is 2. The standard InChI is InChI=1S/C22H24ClN3O3/c23-17-11-10-15(21(27)24-16-6-2-1-3-7-16)14-18(17)25-22(28)26-12-13-29-20-9-5-4-8-19(20)26/h1-3,6-7,10-11,14,19-20H,4-5,8-9,12-13H2,(H,24,27)(H,25,28). The summed E-state index contributed by atoms with van der Waals surface area (Å²) < 4.78 is 5.84. The second-order valence-corrected chi connectivity index (χ2v) is 7.81. The van der Waals surface area contributed by atoms with E-state index in [-0.39, 0.29) is 24.1 Å². The third-order valence-corrected chi connectivity index (χ3v) is 5.82. The summed E-state index contributed by atoms with van der Waals surface area (Å²) in [5.74, 6) is -0.262. The van der Waals surface area contributed by atoms with Crippen LogP contribution in [0.5, 0.6) is 0 Å². The molecule has 1 heterocycles. The van der Waals surface area contributed by atoms with Gasteiger partial charge in [0, 0.05) is 17.8 Å². The molecule has 2 fully saturated rings. The molecule has 2 aromatic rings. The molecule has 0 radical (unpaired) electrons. The van der Waals surface area contributed by atoms with E-state index in [0.717, 1.165) is 25.7 Å². The molecule has 2 aliphatic rings. The highest BCUT2D eigenvalue weighted by Gasteiger charge is 2.36. The number of para-hydroxylation sites is 1. The first-order valence-electron chi connectivity index (χ1n) is 9.97. The number of urea groups is 1. The number of nitrogens with zero attached hydrogens (tertiary/aromatic N) is 1. The van der Waals surface area contributed by atoms with Crippen molar-refractivity contribution in [3.05, 3.63) is 59.1 Å². The number of carbonyl (C=O) groups is 2. The first-order valence-corrected chi connectivity index (χ1v) is 10.3. The zero-order valence-corrected chi connectivity index (χ0v) is 16.8. The number of amides is 3. The molecule has 3 amide bonds. The summed E-state index contributed by atoms with van der Waals surface area (Å²) in [5.41, 5.74) is 1.55. The Bertz CT molecular complexity index is 888. The smallest absolute Gasteiger partial charge is 0.322 e. The van der Waals surface area contributed by atoms with Crippen LogP contribution in [0.15, 0.2) is 48.5 Å². The zero-order chi connectivity index (χ0) is 20.2. The molecule has 2 N–H and O–H groups in total. The second-order valence-electron chi connectivity index (χ2n) is 7.40. The lowest BCUT2D eigenvalue weighted by Crippen LogP contribution is -2.56. The molecule has 1 saturated carbocycles. The van der Waals surface area contributed by atoms with Crippen molar-refractivity contribution in [1.29, 1.82) is 0 Å². The summed E-state index contributed by atoms with van der Waals surface area (Å²) in [6, 6.07) is 14.0. The summed E-state index contributed by atoms with van der Waals surface area (Å²) in [4.78, 5) is 27.4. The summed E-state index contributed by atoms with van der Waals surface area (Å²) in [6.45, 7) is 1.10. The van der Waals surface area contributed by atoms with Gasteiger partial charge in [0.1, 0.15) is 0 Å². The molecule has 1 saturated heterocycles. The Kier molecular flexibility index (Phi) is 6.02. The van der Waals surface area contributed by atoms with Crippen molar-refractivity contribution in [3.63, 3.8) is 0 Å². The number of fused-ring (bicyclic) bond motifs is 1. The lowest BCUT2D eigenvalue weighted by Gasteiger charge is -2.43. The summed E-state index contributed by atoms with van der Waals surface area (Å²) >= 11 is 6.29. The fraction of sp³-hybridized carbons (Fsp3) is 0.364. The minimum Gasteiger partial charge on any atom is -0.374 e. The topological polar surface area (TPSA) is 70.7 Å². The van der Waals surface area contributed by atoms with E-state index in [1.54, 1.807) is 18.2 Å². The molecule has 2 unspecified atom stereocenters.